The molecule has 3 aromatic heterocycles. The lowest BCUT2D eigenvalue weighted by Gasteiger charge is -2.07. The number of hydrogen-bond acceptors (Lipinski definition) is 3. The molecule has 0 amide bonds. The number of fused-ring (bicyclic) bond motifs is 1. The third kappa shape index (κ3) is 2.43. The molecule has 0 bridgehead atoms. The van der Waals surface area contributed by atoms with Gasteiger partial charge < -0.3 is 4.57 Å². The van der Waals surface area contributed by atoms with Gasteiger partial charge in [-0.15, -0.1) is 22.9 Å². The van der Waals surface area contributed by atoms with Crippen LogP contribution in [0.15, 0.2) is 23.7 Å². The van der Waals surface area contributed by atoms with Crippen molar-refractivity contribution < 1.29 is 0 Å². The van der Waals surface area contributed by atoms with E-state index < -0.39 is 0 Å². The van der Waals surface area contributed by atoms with Gasteiger partial charge in [0, 0.05) is 11.1 Å². The van der Waals surface area contributed by atoms with Crippen molar-refractivity contribution in [2.75, 3.05) is 0 Å². The van der Waals surface area contributed by atoms with Crippen molar-refractivity contribution in [3.05, 3.63) is 45.0 Å². The van der Waals surface area contributed by atoms with Crippen LogP contribution >= 0.6 is 34.5 Å². The highest BCUT2D eigenvalue weighted by Gasteiger charge is 2.14. The van der Waals surface area contributed by atoms with Crippen LogP contribution in [0.5, 0.6) is 0 Å². The zero-order chi connectivity index (χ0) is 14.1. The molecule has 0 aliphatic carbocycles. The molecular formula is C14H13Cl2N3S. The Labute approximate surface area is 131 Å². The topological polar surface area (TPSA) is 30.7 Å². The van der Waals surface area contributed by atoms with Crippen LogP contribution in [0.1, 0.15) is 23.2 Å². The highest BCUT2D eigenvalue weighted by molar-refractivity contribution is 7.10. The molecule has 3 aromatic rings. The van der Waals surface area contributed by atoms with Crippen LogP contribution < -0.4 is 0 Å². The number of pyridine rings is 1. The molecule has 0 aliphatic heterocycles. The highest BCUT2D eigenvalue weighted by Crippen LogP contribution is 2.24. The lowest BCUT2D eigenvalue weighted by atomic mass is 10.2. The van der Waals surface area contributed by atoms with Crippen molar-refractivity contribution in [1.82, 2.24) is 14.5 Å². The molecule has 0 saturated heterocycles. The van der Waals surface area contributed by atoms with E-state index in [0.717, 1.165) is 30.0 Å². The lowest BCUT2D eigenvalue weighted by molar-refractivity contribution is 0.774. The fourth-order valence-electron chi connectivity index (χ4n) is 2.27. The van der Waals surface area contributed by atoms with Gasteiger partial charge in [-0.05, 0) is 29.5 Å². The van der Waals surface area contributed by atoms with E-state index in [1.807, 2.05) is 6.07 Å². The molecule has 0 unspecified atom stereocenters. The molecule has 3 nitrogen and oxygen atoms in total. The third-order valence-corrected chi connectivity index (χ3v) is 4.66. The van der Waals surface area contributed by atoms with Crippen LogP contribution in [0.25, 0.3) is 11.2 Å². The summed E-state index contributed by atoms with van der Waals surface area (Å²) in [6, 6.07) is 4.00. The Morgan fingerprint density at radius 2 is 2.25 bits per heavy atom. The summed E-state index contributed by atoms with van der Waals surface area (Å²) in [7, 11) is 0. The van der Waals surface area contributed by atoms with Crippen molar-refractivity contribution in [3.63, 3.8) is 0 Å². The molecule has 0 aromatic carbocycles. The normalized spacial score (nSPS) is 11.3. The molecule has 0 aliphatic rings. The van der Waals surface area contributed by atoms with Gasteiger partial charge >= 0.3 is 0 Å². The largest absolute Gasteiger partial charge is 0.306 e. The van der Waals surface area contributed by atoms with Gasteiger partial charge in [-0.3, -0.25) is 0 Å². The minimum Gasteiger partial charge on any atom is -0.306 e. The Kier molecular flexibility index (Phi) is 3.96. The maximum atomic E-state index is 6.02. The zero-order valence-corrected chi connectivity index (χ0v) is 13.3. The van der Waals surface area contributed by atoms with Crippen molar-refractivity contribution >= 4 is 45.7 Å². The molecule has 104 valence electrons. The molecular weight excluding hydrogens is 313 g/mol. The third-order valence-electron chi connectivity index (χ3n) is 3.27. The van der Waals surface area contributed by atoms with Crippen LogP contribution in [0.4, 0.5) is 0 Å². The first-order valence-electron chi connectivity index (χ1n) is 6.34. The molecule has 0 N–H and O–H groups in total. The smallest absolute Gasteiger partial charge is 0.160 e. The zero-order valence-electron chi connectivity index (χ0n) is 10.9. The minimum atomic E-state index is 0.362. The Morgan fingerprint density at radius 1 is 1.40 bits per heavy atom. The number of alkyl halides is 1. The molecule has 6 heteroatoms. The van der Waals surface area contributed by atoms with E-state index in [1.54, 1.807) is 17.5 Å². The molecule has 20 heavy (non-hydrogen) atoms. The van der Waals surface area contributed by atoms with Gasteiger partial charge in [0.25, 0.3) is 0 Å². The van der Waals surface area contributed by atoms with Crippen molar-refractivity contribution in [3.8, 4) is 0 Å². The summed E-state index contributed by atoms with van der Waals surface area (Å²) in [5, 5.41) is 2.71. The summed E-state index contributed by atoms with van der Waals surface area (Å²) in [6.45, 7) is 2.92. The summed E-state index contributed by atoms with van der Waals surface area (Å²) >= 11 is 13.7. The molecule has 0 radical (unpaired) electrons. The predicted octanol–water partition coefficient (Wildman–Crippen LogP) is 4.50. The fourth-order valence-corrected chi connectivity index (χ4v) is 3.59. The van der Waals surface area contributed by atoms with Gasteiger partial charge in [0.1, 0.15) is 11.3 Å². The minimum absolute atomic E-state index is 0.362. The summed E-state index contributed by atoms with van der Waals surface area (Å²) in [5.41, 5.74) is 2.99. The molecule has 0 atom stereocenters. The average molecular weight is 326 g/mol. The van der Waals surface area contributed by atoms with E-state index in [-0.39, 0.29) is 0 Å². The number of aryl methyl sites for hydroxylation is 1. The maximum Gasteiger partial charge on any atom is 0.160 e. The van der Waals surface area contributed by atoms with Crippen molar-refractivity contribution in [2.24, 2.45) is 0 Å². The van der Waals surface area contributed by atoms with Crippen LogP contribution in [0.3, 0.4) is 0 Å². The first-order valence-corrected chi connectivity index (χ1v) is 8.14. The number of rotatable bonds is 4. The van der Waals surface area contributed by atoms with Gasteiger partial charge in [-0.25, -0.2) is 9.97 Å². The molecule has 3 heterocycles. The van der Waals surface area contributed by atoms with Crippen LogP contribution in [-0.4, -0.2) is 14.5 Å². The van der Waals surface area contributed by atoms with Crippen LogP contribution in [0, 0.1) is 0 Å². The van der Waals surface area contributed by atoms with E-state index >= 15 is 0 Å². The number of thiophene rings is 1. The Balaban J connectivity index is 2.10. The van der Waals surface area contributed by atoms with Crippen molar-refractivity contribution in [2.45, 2.75) is 25.8 Å². The van der Waals surface area contributed by atoms with Crippen LogP contribution in [-0.2, 0) is 18.8 Å². The molecule has 0 fully saturated rings. The standard InChI is InChI=1S/C14H13Cl2N3S/c1-2-9-3-4-20-12(9)8-19-13(6-15)18-11-5-10(16)7-17-14(11)19/h3-5,7H,2,6,8H2,1H3. The second kappa shape index (κ2) is 5.72. The number of halogens is 2. The van der Waals surface area contributed by atoms with Gasteiger partial charge in [0.15, 0.2) is 5.65 Å². The summed E-state index contributed by atoms with van der Waals surface area (Å²) in [4.78, 5) is 10.2. The number of imidazole rings is 1. The van der Waals surface area contributed by atoms with Gasteiger partial charge in [0.05, 0.1) is 17.4 Å². The number of aromatic nitrogens is 3. The van der Waals surface area contributed by atoms with Crippen LogP contribution in [0.2, 0.25) is 5.02 Å². The molecule has 3 rings (SSSR count). The Hall–Kier alpha value is -1.10. The second-order valence-corrected chi connectivity index (χ2v) is 6.17. The quantitative estimate of drug-likeness (QED) is 0.661. The van der Waals surface area contributed by atoms with E-state index in [0.29, 0.717) is 10.9 Å². The van der Waals surface area contributed by atoms with E-state index in [2.05, 4.69) is 32.9 Å². The van der Waals surface area contributed by atoms with Gasteiger partial charge in [-0.1, -0.05) is 18.5 Å². The number of hydrogen-bond donors (Lipinski definition) is 0. The molecule has 0 spiro atoms. The van der Waals surface area contributed by atoms with E-state index in [1.165, 1.54) is 10.4 Å². The summed E-state index contributed by atoms with van der Waals surface area (Å²) in [5.74, 6) is 1.19. The second-order valence-electron chi connectivity index (χ2n) is 4.47. The summed E-state index contributed by atoms with van der Waals surface area (Å²) < 4.78 is 2.07. The number of nitrogens with zero attached hydrogens (tertiary/aromatic N) is 3. The monoisotopic (exact) mass is 325 g/mol. The van der Waals surface area contributed by atoms with Gasteiger partial charge in [-0.2, -0.15) is 0 Å². The first kappa shape index (κ1) is 13.9. The maximum absolute atomic E-state index is 6.02. The fraction of sp³-hybridized carbons (Fsp3) is 0.286. The van der Waals surface area contributed by atoms with Gasteiger partial charge in [0.2, 0.25) is 0 Å². The van der Waals surface area contributed by atoms with E-state index in [9.17, 15) is 0 Å². The Morgan fingerprint density at radius 3 is 3.00 bits per heavy atom. The van der Waals surface area contributed by atoms with Crippen molar-refractivity contribution in [1.29, 1.82) is 0 Å². The lowest BCUT2D eigenvalue weighted by Crippen LogP contribution is -2.04. The SMILES string of the molecule is CCc1ccsc1Cn1c(CCl)nc2cc(Cl)cnc21. The Bertz CT molecular complexity index is 748. The molecule has 0 saturated carbocycles. The highest BCUT2D eigenvalue weighted by atomic mass is 35.5. The summed E-state index contributed by atoms with van der Waals surface area (Å²) in [6.07, 6.45) is 2.68. The average Bonchev–Trinajstić information content (AvgIpc) is 3.03. The van der Waals surface area contributed by atoms with E-state index in [4.69, 9.17) is 23.2 Å². The first-order chi connectivity index (χ1) is 9.72. The predicted molar refractivity (Wildman–Crippen MR) is 84.9 cm³/mol.